The molecule has 1 N–H and O–H groups in total. The molecular formula is C13H9BrCl2FN. The molecule has 0 saturated carbocycles. The predicted octanol–water partition coefficient (Wildman–Crippen LogP) is 5.51. The minimum Gasteiger partial charge on any atom is -0.381 e. The van der Waals surface area contributed by atoms with Crippen molar-refractivity contribution in [1.29, 1.82) is 0 Å². The summed E-state index contributed by atoms with van der Waals surface area (Å²) in [5.41, 5.74) is 1.68. The van der Waals surface area contributed by atoms with Gasteiger partial charge in [-0.1, -0.05) is 23.2 Å². The van der Waals surface area contributed by atoms with Crippen LogP contribution in [0.1, 0.15) is 5.56 Å². The fourth-order valence-electron chi connectivity index (χ4n) is 1.52. The Hall–Kier alpha value is -0.770. The van der Waals surface area contributed by atoms with E-state index in [4.69, 9.17) is 23.2 Å². The first-order chi connectivity index (χ1) is 8.54. The average Bonchev–Trinajstić information content (AvgIpc) is 2.29. The van der Waals surface area contributed by atoms with E-state index in [1.807, 2.05) is 12.1 Å². The third kappa shape index (κ3) is 3.61. The lowest BCUT2D eigenvalue weighted by Gasteiger charge is -2.08. The monoisotopic (exact) mass is 347 g/mol. The van der Waals surface area contributed by atoms with Crippen molar-refractivity contribution in [1.82, 2.24) is 0 Å². The lowest BCUT2D eigenvalue weighted by Crippen LogP contribution is -1.99. The van der Waals surface area contributed by atoms with Crippen LogP contribution in [0.3, 0.4) is 0 Å². The molecule has 0 aliphatic carbocycles. The van der Waals surface area contributed by atoms with Crippen molar-refractivity contribution < 1.29 is 4.39 Å². The molecule has 0 aromatic heterocycles. The van der Waals surface area contributed by atoms with Crippen LogP contribution in [-0.2, 0) is 6.54 Å². The van der Waals surface area contributed by atoms with Gasteiger partial charge in [-0.3, -0.25) is 0 Å². The van der Waals surface area contributed by atoms with E-state index in [1.165, 1.54) is 12.1 Å². The van der Waals surface area contributed by atoms with Crippen LogP contribution in [0.4, 0.5) is 10.1 Å². The second-order valence-electron chi connectivity index (χ2n) is 3.76. The molecule has 2 aromatic rings. The molecule has 0 unspecified atom stereocenters. The van der Waals surface area contributed by atoms with Gasteiger partial charge in [0.15, 0.2) is 0 Å². The van der Waals surface area contributed by atoms with Gasteiger partial charge in [0, 0.05) is 21.7 Å². The maximum Gasteiger partial charge on any atom is 0.125 e. The molecule has 0 fully saturated rings. The minimum absolute atomic E-state index is 0.336. The van der Waals surface area contributed by atoms with Crippen molar-refractivity contribution in [2.24, 2.45) is 0 Å². The number of halogens is 4. The fraction of sp³-hybridized carbons (Fsp3) is 0.0769. The quantitative estimate of drug-likeness (QED) is 0.771. The van der Waals surface area contributed by atoms with Crippen LogP contribution in [0, 0.1) is 5.82 Å². The van der Waals surface area contributed by atoms with Crippen molar-refractivity contribution in [2.45, 2.75) is 6.54 Å². The number of hydrogen-bond acceptors (Lipinski definition) is 1. The van der Waals surface area contributed by atoms with Crippen LogP contribution in [0.15, 0.2) is 40.9 Å². The van der Waals surface area contributed by atoms with Crippen LogP contribution in [0.25, 0.3) is 0 Å². The second-order valence-corrected chi connectivity index (χ2v) is 5.46. The van der Waals surface area contributed by atoms with E-state index in [-0.39, 0.29) is 5.82 Å². The third-order valence-corrected chi connectivity index (χ3v) is 3.77. The van der Waals surface area contributed by atoms with E-state index in [1.54, 1.807) is 12.1 Å². The minimum atomic E-state index is -0.336. The van der Waals surface area contributed by atoms with Gasteiger partial charge in [0.25, 0.3) is 0 Å². The highest BCUT2D eigenvalue weighted by molar-refractivity contribution is 9.10. The Labute approximate surface area is 123 Å². The van der Waals surface area contributed by atoms with Gasteiger partial charge in [0.2, 0.25) is 0 Å². The van der Waals surface area contributed by atoms with Crippen LogP contribution < -0.4 is 5.32 Å². The molecular weight excluding hydrogens is 340 g/mol. The molecule has 0 spiro atoms. The van der Waals surface area contributed by atoms with E-state index in [0.29, 0.717) is 16.6 Å². The lowest BCUT2D eigenvalue weighted by atomic mass is 10.2. The van der Waals surface area contributed by atoms with Gasteiger partial charge in [0.05, 0.1) is 5.02 Å². The van der Waals surface area contributed by atoms with E-state index < -0.39 is 0 Å². The Balaban J connectivity index is 2.08. The van der Waals surface area contributed by atoms with Gasteiger partial charge in [-0.25, -0.2) is 4.39 Å². The molecule has 0 amide bonds. The van der Waals surface area contributed by atoms with Crippen molar-refractivity contribution in [2.75, 3.05) is 5.32 Å². The molecule has 94 valence electrons. The molecule has 0 atom stereocenters. The summed E-state index contributed by atoms with van der Waals surface area (Å²) in [5.74, 6) is -0.336. The average molecular weight is 349 g/mol. The highest BCUT2D eigenvalue weighted by Crippen LogP contribution is 2.26. The number of benzene rings is 2. The first-order valence-corrected chi connectivity index (χ1v) is 6.73. The Bertz CT molecular complexity index is 555. The van der Waals surface area contributed by atoms with Gasteiger partial charge in [-0.05, 0) is 57.9 Å². The zero-order valence-corrected chi connectivity index (χ0v) is 12.3. The zero-order chi connectivity index (χ0) is 13.1. The Morgan fingerprint density at radius 2 is 1.89 bits per heavy atom. The zero-order valence-electron chi connectivity index (χ0n) is 9.18. The number of nitrogens with one attached hydrogen (secondary N) is 1. The second kappa shape index (κ2) is 5.91. The highest BCUT2D eigenvalue weighted by Gasteiger charge is 2.01. The summed E-state index contributed by atoms with van der Waals surface area (Å²) >= 11 is 15.0. The molecule has 5 heteroatoms. The highest BCUT2D eigenvalue weighted by atomic mass is 79.9. The predicted molar refractivity (Wildman–Crippen MR) is 77.9 cm³/mol. The maximum atomic E-state index is 13.1. The SMILES string of the molecule is Fc1cc(Cl)cc(CNc2ccc(Cl)c(Br)c2)c1. The Morgan fingerprint density at radius 1 is 1.11 bits per heavy atom. The van der Waals surface area contributed by atoms with E-state index in [9.17, 15) is 4.39 Å². The van der Waals surface area contributed by atoms with Crippen LogP contribution in [-0.4, -0.2) is 0 Å². The molecule has 0 aliphatic heterocycles. The van der Waals surface area contributed by atoms with Crippen molar-refractivity contribution in [3.63, 3.8) is 0 Å². The van der Waals surface area contributed by atoms with Crippen molar-refractivity contribution in [3.8, 4) is 0 Å². The standard InChI is InChI=1S/C13H9BrCl2FN/c14-12-6-11(1-2-13(12)16)18-7-8-3-9(15)5-10(17)4-8/h1-6,18H,7H2. The molecule has 0 radical (unpaired) electrons. The molecule has 1 nitrogen and oxygen atoms in total. The van der Waals surface area contributed by atoms with Gasteiger partial charge >= 0.3 is 0 Å². The summed E-state index contributed by atoms with van der Waals surface area (Å²) in [6, 6.07) is 9.96. The van der Waals surface area contributed by atoms with Gasteiger partial charge in [0.1, 0.15) is 5.82 Å². The van der Waals surface area contributed by atoms with Crippen LogP contribution in [0.2, 0.25) is 10.0 Å². The molecule has 2 aromatic carbocycles. The number of rotatable bonds is 3. The van der Waals surface area contributed by atoms with Gasteiger partial charge in [-0.15, -0.1) is 0 Å². The van der Waals surface area contributed by atoms with Gasteiger partial charge in [-0.2, -0.15) is 0 Å². The summed E-state index contributed by atoms with van der Waals surface area (Å²) in [7, 11) is 0. The third-order valence-electron chi connectivity index (χ3n) is 2.34. The molecule has 0 bridgehead atoms. The first-order valence-electron chi connectivity index (χ1n) is 5.18. The van der Waals surface area contributed by atoms with Crippen LogP contribution in [0.5, 0.6) is 0 Å². The Kier molecular flexibility index (Phi) is 4.49. The normalized spacial score (nSPS) is 10.4. The van der Waals surface area contributed by atoms with E-state index in [0.717, 1.165) is 15.7 Å². The van der Waals surface area contributed by atoms with Crippen molar-refractivity contribution >= 4 is 44.8 Å². The summed E-state index contributed by atoms with van der Waals surface area (Å²) < 4.78 is 13.9. The smallest absolute Gasteiger partial charge is 0.125 e. The lowest BCUT2D eigenvalue weighted by molar-refractivity contribution is 0.626. The first kappa shape index (κ1) is 13.7. The number of hydrogen-bond donors (Lipinski definition) is 1. The van der Waals surface area contributed by atoms with Gasteiger partial charge < -0.3 is 5.32 Å². The summed E-state index contributed by atoms with van der Waals surface area (Å²) in [6.07, 6.45) is 0. The molecule has 0 heterocycles. The van der Waals surface area contributed by atoms with E-state index in [2.05, 4.69) is 21.2 Å². The topological polar surface area (TPSA) is 12.0 Å². The number of anilines is 1. The van der Waals surface area contributed by atoms with E-state index >= 15 is 0 Å². The molecule has 0 saturated heterocycles. The largest absolute Gasteiger partial charge is 0.381 e. The fourth-order valence-corrected chi connectivity index (χ4v) is 2.26. The Morgan fingerprint density at radius 3 is 2.56 bits per heavy atom. The van der Waals surface area contributed by atoms with Crippen LogP contribution >= 0.6 is 39.1 Å². The molecule has 18 heavy (non-hydrogen) atoms. The molecule has 0 aliphatic rings. The summed E-state index contributed by atoms with van der Waals surface area (Å²) in [4.78, 5) is 0. The maximum absolute atomic E-state index is 13.1. The van der Waals surface area contributed by atoms with Crippen molar-refractivity contribution in [3.05, 3.63) is 62.3 Å². The molecule has 2 rings (SSSR count). The summed E-state index contributed by atoms with van der Waals surface area (Å²) in [6.45, 7) is 0.492. The summed E-state index contributed by atoms with van der Waals surface area (Å²) in [5, 5.41) is 4.21.